The van der Waals surface area contributed by atoms with Gasteiger partial charge in [0.05, 0.1) is 11.1 Å². The van der Waals surface area contributed by atoms with Crippen LogP contribution in [0.2, 0.25) is 10.0 Å². The summed E-state index contributed by atoms with van der Waals surface area (Å²) < 4.78 is 2.35. The van der Waals surface area contributed by atoms with Gasteiger partial charge in [0.25, 0.3) is 5.56 Å². The molecule has 92 valence electrons. The first-order chi connectivity index (χ1) is 8.65. The number of benzene rings is 1. The van der Waals surface area contributed by atoms with Crippen LogP contribution in [-0.4, -0.2) is 11.1 Å². The summed E-state index contributed by atoms with van der Waals surface area (Å²) in [4.78, 5) is 17.1. The van der Waals surface area contributed by atoms with Crippen LogP contribution >= 0.6 is 34.5 Å². The third-order valence-corrected chi connectivity index (χ3v) is 4.31. The molecule has 0 amide bonds. The van der Waals surface area contributed by atoms with Gasteiger partial charge in [-0.15, -0.1) is 0 Å². The summed E-state index contributed by atoms with van der Waals surface area (Å²) in [5, 5.41) is 1.12. The lowest BCUT2D eigenvalue weighted by Crippen LogP contribution is -2.29. The Hall–Kier alpha value is -1.10. The fraction of sp³-hybridized carbons (Fsp3) is 0.167. The molecule has 3 rings (SSSR count). The first-order valence-corrected chi connectivity index (χ1v) is 6.93. The summed E-state index contributed by atoms with van der Waals surface area (Å²) in [6.07, 6.45) is 1.78. The first-order valence-electron chi connectivity index (χ1n) is 5.36. The lowest BCUT2D eigenvalue weighted by Gasteiger charge is -1.97. The quantitative estimate of drug-likeness (QED) is 0.789. The molecule has 2 heterocycles. The van der Waals surface area contributed by atoms with Gasteiger partial charge in [-0.05, 0) is 23.8 Å². The number of halogens is 2. The Bertz CT molecular complexity index is 791. The molecule has 0 bridgehead atoms. The Morgan fingerprint density at radius 2 is 2.22 bits per heavy atom. The van der Waals surface area contributed by atoms with Crippen molar-refractivity contribution in [3.05, 3.63) is 53.5 Å². The summed E-state index contributed by atoms with van der Waals surface area (Å²) >= 11 is 13.3. The van der Waals surface area contributed by atoms with Crippen LogP contribution in [0.5, 0.6) is 0 Å². The van der Waals surface area contributed by atoms with E-state index >= 15 is 0 Å². The third-order valence-electron chi connectivity index (χ3n) is 2.71. The zero-order chi connectivity index (χ0) is 12.7. The normalized spacial score (nSPS) is 14.7. The molecule has 0 atom stereocenters. The van der Waals surface area contributed by atoms with E-state index in [-0.39, 0.29) is 5.56 Å². The minimum absolute atomic E-state index is 0.00210. The first kappa shape index (κ1) is 12.0. The molecule has 1 aliphatic rings. The van der Waals surface area contributed by atoms with Crippen LogP contribution in [0.25, 0.3) is 6.08 Å². The molecule has 0 spiro atoms. The Balaban J connectivity index is 2.21. The number of hydrogen-bond acceptors (Lipinski definition) is 3. The maximum absolute atomic E-state index is 12.1. The van der Waals surface area contributed by atoms with Crippen molar-refractivity contribution in [2.75, 3.05) is 6.54 Å². The molecule has 0 unspecified atom stereocenters. The zero-order valence-electron chi connectivity index (χ0n) is 9.19. The van der Waals surface area contributed by atoms with E-state index in [0.29, 0.717) is 27.7 Å². The van der Waals surface area contributed by atoms with Crippen LogP contribution in [0.3, 0.4) is 0 Å². The molecular formula is C12H8Cl2N2OS. The van der Waals surface area contributed by atoms with Crippen LogP contribution < -0.4 is 14.9 Å². The third kappa shape index (κ3) is 2.00. The summed E-state index contributed by atoms with van der Waals surface area (Å²) in [6, 6.07) is 5.22. The van der Waals surface area contributed by atoms with Gasteiger partial charge in [-0.25, -0.2) is 0 Å². The highest BCUT2D eigenvalue weighted by Crippen LogP contribution is 2.21. The molecule has 6 heteroatoms. The van der Waals surface area contributed by atoms with Crippen molar-refractivity contribution < 1.29 is 0 Å². The van der Waals surface area contributed by atoms with Crippen molar-refractivity contribution >= 4 is 40.6 Å². The van der Waals surface area contributed by atoms with Crippen molar-refractivity contribution in [2.24, 2.45) is 4.99 Å². The Morgan fingerprint density at radius 3 is 2.94 bits per heavy atom. The van der Waals surface area contributed by atoms with Gasteiger partial charge < -0.3 is 0 Å². The van der Waals surface area contributed by atoms with Gasteiger partial charge >= 0.3 is 0 Å². The van der Waals surface area contributed by atoms with E-state index in [2.05, 4.69) is 4.99 Å². The summed E-state index contributed by atoms with van der Waals surface area (Å²) in [5.41, 5.74) is 0.793. The molecule has 0 aliphatic carbocycles. The van der Waals surface area contributed by atoms with Crippen LogP contribution in [0, 0.1) is 0 Å². The lowest BCUT2D eigenvalue weighted by molar-refractivity contribution is 0.740. The van der Waals surface area contributed by atoms with Crippen molar-refractivity contribution in [3.63, 3.8) is 0 Å². The molecule has 0 radical (unpaired) electrons. The van der Waals surface area contributed by atoms with Gasteiger partial charge in [0.2, 0.25) is 0 Å². The molecule has 2 aromatic rings. The summed E-state index contributed by atoms with van der Waals surface area (Å²) in [7, 11) is 0. The number of aromatic nitrogens is 1. The number of fused-ring (bicyclic) bond motifs is 1. The summed E-state index contributed by atoms with van der Waals surface area (Å²) in [6.45, 7) is 1.37. The van der Waals surface area contributed by atoms with Crippen LogP contribution in [0.15, 0.2) is 28.0 Å². The monoisotopic (exact) mass is 298 g/mol. The molecule has 1 aromatic heterocycles. The van der Waals surface area contributed by atoms with Gasteiger partial charge in [0.1, 0.15) is 0 Å². The molecule has 0 saturated carbocycles. The van der Waals surface area contributed by atoms with E-state index in [1.807, 2.05) is 0 Å². The van der Waals surface area contributed by atoms with Crippen molar-refractivity contribution in [2.45, 2.75) is 6.54 Å². The Kier molecular flexibility index (Phi) is 3.01. The molecule has 1 aliphatic heterocycles. The van der Waals surface area contributed by atoms with E-state index in [0.717, 1.165) is 10.4 Å². The van der Waals surface area contributed by atoms with Crippen LogP contribution in [0.1, 0.15) is 5.56 Å². The van der Waals surface area contributed by atoms with Crippen molar-refractivity contribution in [3.8, 4) is 0 Å². The van der Waals surface area contributed by atoms with E-state index < -0.39 is 0 Å². The second-order valence-corrected chi connectivity index (χ2v) is 5.75. The van der Waals surface area contributed by atoms with E-state index in [4.69, 9.17) is 23.2 Å². The average molecular weight is 299 g/mol. The molecule has 0 fully saturated rings. The second-order valence-electron chi connectivity index (χ2n) is 3.90. The minimum atomic E-state index is 0.00210. The predicted molar refractivity (Wildman–Crippen MR) is 74.3 cm³/mol. The Labute approximate surface area is 117 Å². The highest BCUT2D eigenvalue weighted by Gasteiger charge is 2.09. The van der Waals surface area contributed by atoms with Gasteiger partial charge in [0, 0.05) is 16.6 Å². The number of rotatable bonds is 1. The van der Waals surface area contributed by atoms with E-state index in [1.165, 1.54) is 11.3 Å². The highest BCUT2D eigenvalue weighted by molar-refractivity contribution is 7.07. The molecule has 0 saturated heterocycles. The Morgan fingerprint density at radius 1 is 1.39 bits per heavy atom. The van der Waals surface area contributed by atoms with Crippen LogP contribution in [-0.2, 0) is 6.54 Å². The smallest absolute Gasteiger partial charge is 0.270 e. The molecule has 3 nitrogen and oxygen atoms in total. The maximum atomic E-state index is 12.1. The number of hydrogen-bond donors (Lipinski definition) is 0. The van der Waals surface area contributed by atoms with Gasteiger partial charge in [-0.3, -0.25) is 14.4 Å². The maximum Gasteiger partial charge on any atom is 0.270 e. The van der Waals surface area contributed by atoms with Crippen LogP contribution in [0.4, 0.5) is 0 Å². The predicted octanol–water partition coefficient (Wildman–Crippen LogP) is 1.68. The second kappa shape index (κ2) is 4.53. The number of thiazole rings is 1. The average Bonchev–Trinajstić information content (AvgIpc) is 2.88. The molecule has 0 N–H and O–H groups in total. The minimum Gasteiger partial charge on any atom is -0.282 e. The van der Waals surface area contributed by atoms with E-state index in [9.17, 15) is 4.79 Å². The SMILES string of the molecule is O=c1/c(=C\c2ccc(Cl)cc2Cl)sc2n1CCN=2. The van der Waals surface area contributed by atoms with Crippen molar-refractivity contribution in [1.82, 2.24) is 4.57 Å². The molecule has 18 heavy (non-hydrogen) atoms. The zero-order valence-corrected chi connectivity index (χ0v) is 11.5. The van der Waals surface area contributed by atoms with Gasteiger partial charge in [-0.2, -0.15) is 0 Å². The van der Waals surface area contributed by atoms with Gasteiger partial charge in [0.15, 0.2) is 4.80 Å². The van der Waals surface area contributed by atoms with E-state index in [1.54, 1.807) is 28.8 Å². The summed E-state index contributed by atoms with van der Waals surface area (Å²) in [5.74, 6) is 0. The standard InChI is InChI=1S/C12H8Cl2N2OS/c13-8-2-1-7(9(14)6-8)5-10-11(17)16-4-3-15-12(16)18-10/h1-2,5-6H,3-4H2/b10-5+. The molecule has 1 aromatic carbocycles. The number of nitrogens with zero attached hydrogens (tertiary/aromatic N) is 2. The highest BCUT2D eigenvalue weighted by atomic mass is 35.5. The fourth-order valence-corrected chi connectivity index (χ4v) is 3.31. The lowest BCUT2D eigenvalue weighted by atomic mass is 10.2. The van der Waals surface area contributed by atoms with Gasteiger partial charge in [-0.1, -0.05) is 40.6 Å². The fourth-order valence-electron chi connectivity index (χ4n) is 1.83. The molecular weight excluding hydrogens is 291 g/mol. The largest absolute Gasteiger partial charge is 0.282 e. The van der Waals surface area contributed by atoms with Crippen molar-refractivity contribution in [1.29, 1.82) is 0 Å². The topological polar surface area (TPSA) is 34.4 Å².